The molecule has 1 amide bonds. The van der Waals surface area contributed by atoms with Gasteiger partial charge in [0.25, 0.3) is 0 Å². The number of nitrogens with zero attached hydrogens (tertiary/aromatic N) is 1. The molecule has 2 N–H and O–H groups in total. The van der Waals surface area contributed by atoms with Crippen LogP contribution in [0.4, 0.5) is 11.4 Å². The van der Waals surface area contributed by atoms with Crippen molar-refractivity contribution < 1.29 is 4.79 Å². The van der Waals surface area contributed by atoms with Gasteiger partial charge in [0.15, 0.2) is 4.47 Å². The van der Waals surface area contributed by atoms with Crippen LogP contribution in [0, 0.1) is 0 Å². The van der Waals surface area contributed by atoms with Crippen LogP contribution in [0.3, 0.4) is 0 Å². The minimum atomic E-state index is -0.0346. The standard InChI is InChI=1S/C18H16ClN3OS/c19-18-21-12-16(24-18)11-20-14-7-4-8-15(10-14)22-17(23)9-13-5-2-1-3-6-13/h1-8,10,12,20H,9,11H2,(H,22,23). The SMILES string of the molecule is O=C(Cc1ccccc1)Nc1cccc(NCc2cnc(Cl)s2)c1. The zero-order valence-electron chi connectivity index (χ0n) is 12.8. The Hall–Kier alpha value is -2.37. The Morgan fingerprint density at radius 2 is 1.88 bits per heavy atom. The number of carbonyl (C=O) groups is 1. The molecule has 1 aromatic heterocycles. The Bertz CT molecular complexity index is 820. The van der Waals surface area contributed by atoms with Crippen LogP contribution in [0.2, 0.25) is 4.47 Å². The van der Waals surface area contributed by atoms with E-state index in [0.29, 0.717) is 17.4 Å². The predicted molar refractivity (Wildman–Crippen MR) is 99.7 cm³/mol. The summed E-state index contributed by atoms with van der Waals surface area (Å²) in [6, 6.07) is 17.3. The number of thiazole rings is 1. The largest absolute Gasteiger partial charge is 0.380 e. The molecule has 0 aliphatic heterocycles. The van der Waals surface area contributed by atoms with Crippen molar-refractivity contribution in [3.63, 3.8) is 0 Å². The van der Waals surface area contributed by atoms with E-state index in [-0.39, 0.29) is 5.91 Å². The second-order valence-corrected chi connectivity index (χ2v) is 6.92. The van der Waals surface area contributed by atoms with Crippen molar-refractivity contribution >= 4 is 40.2 Å². The number of nitrogens with one attached hydrogen (secondary N) is 2. The summed E-state index contributed by atoms with van der Waals surface area (Å²) >= 11 is 7.27. The Morgan fingerprint density at radius 1 is 1.08 bits per heavy atom. The lowest BCUT2D eigenvalue weighted by Crippen LogP contribution is -2.14. The zero-order valence-corrected chi connectivity index (χ0v) is 14.4. The number of anilines is 2. The summed E-state index contributed by atoms with van der Waals surface area (Å²) in [5.74, 6) is -0.0346. The summed E-state index contributed by atoms with van der Waals surface area (Å²) in [7, 11) is 0. The van der Waals surface area contributed by atoms with Crippen molar-refractivity contribution in [2.75, 3.05) is 10.6 Å². The molecule has 0 fully saturated rings. The first-order valence-electron chi connectivity index (χ1n) is 7.47. The highest BCUT2D eigenvalue weighted by molar-refractivity contribution is 7.15. The van der Waals surface area contributed by atoms with Gasteiger partial charge in [-0.2, -0.15) is 0 Å². The lowest BCUT2D eigenvalue weighted by atomic mass is 10.1. The lowest BCUT2D eigenvalue weighted by Gasteiger charge is -2.09. The van der Waals surface area contributed by atoms with Crippen molar-refractivity contribution in [1.82, 2.24) is 4.98 Å². The Morgan fingerprint density at radius 3 is 2.62 bits per heavy atom. The number of carbonyl (C=O) groups excluding carboxylic acids is 1. The third kappa shape index (κ3) is 4.81. The van der Waals surface area contributed by atoms with Gasteiger partial charge in [0.05, 0.1) is 13.0 Å². The number of benzene rings is 2. The molecule has 1 heterocycles. The normalized spacial score (nSPS) is 10.4. The van der Waals surface area contributed by atoms with Crippen molar-refractivity contribution in [3.05, 3.63) is 75.7 Å². The molecule has 0 spiro atoms. The fourth-order valence-electron chi connectivity index (χ4n) is 2.25. The fourth-order valence-corrected chi connectivity index (χ4v) is 3.17. The molecule has 2 aromatic carbocycles. The van der Waals surface area contributed by atoms with Crippen LogP contribution in [0.15, 0.2) is 60.8 Å². The van der Waals surface area contributed by atoms with Crippen molar-refractivity contribution in [2.24, 2.45) is 0 Å². The fraction of sp³-hybridized carbons (Fsp3) is 0.111. The van der Waals surface area contributed by atoms with E-state index in [1.165, 1.54) is 11.3 Å². The molecule has 0 atom stereocenters. The molecule has 0 aliphatic rings. The van der Waals surface area contributed by atoms with Gasteiger partial charge in [0.1, 0.15) is 0 Å². The van der Waals surface area contributed by atoms with Gasteiger partial charge in [-0.3, -0.25) is 4.79 Å². The first-order chi connectivity index (χ1) is 11.7. The first-order valence-corrected chi connectivity index (χ1v) is 8.66. The van der Waals surface area contributed by atoms with Gasteiger partial charge in [0.2, 0.25) is 5.91 Å². The molecular weight excluding hydrogens is 342 g/mol. The average molecular weight is 358 g/mol. The molecule has 0 unspecified atom stereocenters. The molecule has 0 bridgehead atoms. The molecule has 0 saturated heterocycles. The van der Waals surface area contributed by atoms with E-state index >= 15 is 0 Å². The monoisotopic (exact) mass is 357 g/mol. The summed E-state index contributed by atoms with van der Waals surface area (Å²) in [5, 5.41) is 6.22. The number of rotatable bonds is 6. The van der Waals surface area contributed by atoms with Gasteiger partial charge >= 0.3 is 0 Å². The van der Waals surface area contributed by atoms with Gasteiger partial charge < -0.3 is 10.6 Å². The molecule has 3 rings (SSSR count). The van der Waals surface area contributed by atoms with E-state index in [9.17, 15) is 4.79 Å². The number of hydrogen-bond acceptors (Lipinski definition) is 4. The number of aromatic nitrogens is 1. The van der Waals surface area contributed by atoms with Gasteiger partial charge in [0, 0.05) is 22.4 Å². The van der Waals surface area contributed by atoms with Crippen LogP contribution in [0.5, 0.6) is 0 Å². The maximum Gasteiger partial charge on any atom is 0.228 e. The molecular formula is C18H16ClN3OS. The first kappa shape index (κ1) is 16.5. The van der Waals surface area contributed by atoms with Crippen molar-refractivity contribution in [2.45, 2.75) is 13.0 Å². The van der Waals surface area contributed by atoms with Crippen LogP contribution in [0.1, 0.15) is 10.4 Å². The second kappa shape index (κ2) is 7.95. The van der Waals surface area contributed by atoms with Gasteiger partial charge in [-0.15, -0.1) is 11.3 Å². The summed E-state index contributed by atoms with van der Waals surface area (Å²) < 4.78 is 0.536. The average Bonchev–Trinajstić information content (AvgIpc) is 3.00. The van der Waals surface area contributed by atoms with Gasteiger partial charge in [-0.1, -0.05) is 48.0 Å². The minimum absolute atomic E-state index is 0.0346. The van der Waals surface area contributed by atoms with E-state index in [2.05, 4.69) is 15.6 Å². The summed E-state index contributed by atoms with van der Waals surface area (Å²) in [5.41, 5.74) is 2.69. The quantitative estimate of drug-likeness (QED) is 0.678. The molecule has 0 radical (unpaired) electrons. The van der Waals surface area contributed by atoms with E-state index in [0.717, 1.165) is 21.8 Å². The predicted octanol–water partition coefficient (Wildman–Crippen LogP) is 4.59. The molecule has 0 saturated carbocycles. The van der Waals surface area contributed by atoms with Crippen LogP contribution in [-0.2, 0) is 17.8 Å². The topological polar surface area (TPSA) is 54.0 Å². The van der Waals surface area contributed by atoms with Crippen LogP contribution in [-0.4, -0.2) is 10.9 Å². The maximum absolute atomic E-state index is 12.1. The summed E-state index contributed by atoms with van der Waals surface area (Å²) in [4.78, 5) is 17.2. The van der Waals surface area contributed by atoms with E-state index in [1.54, 1.807) is 6.20 Å². The number of amides is 1. The summed E-state index contributed by atoms with van der Waals surface area (Å²) in [6.07, 6.45) is 2.11. The number of halogens is 1. The third-order valence-electron chi connectivity index (χ3n) is 3.35. The highest BCUT2D eigenvalue weighted by Crippen LogP contribution is 2.20. The lowest BCUT2D eigenvalue weighted by molar-refractivity contribution is -0.115. The molecule has 6 heteroatoms. The van der Waals surface area contributed by atoms with Crippen molar-refractivity contribution in [3.8, 4) is 0 Å². The maximum atomic E-state index is 12.1. The summed E-state index contributed by atoms with van der Waals surface area (Å²) in [6.45, 7) is 0.645. The molecule has 4 nitrogen and oxygen atoms in total. The van der Waals surface area contributed by atoms with Crippen LogP contribution < -0.4 is 10.6 Å². The zero-order chi connectivity index (χ0) is 16.8. The van der Waals surface area contributed by atoms with E-state index in [4.69, 9.17) is 11.6 Å². The molecule has 24 heavy (non-hydrogen) atoms. The molecule has 122 valence electrons. The van der Waals surface area contributed by atoms with Crippen molar-refractivity contribution in [1.29, 1.82) is 0 Å². The van der Waals surface area contributed by atoms with Gasteiger partial charge in [-0.05, 0) is 23.8 Å². The van der Waals surface area contributed by atoms with E-state index < -0.39 is 0 Å². The van der Waals surface area contributed by atoms with Crippen LogP contribution in [0.25, 0.3) is 0 Å². The Labute approximate surface area is 149 Å². The Kier molecular flexibility index (Phi) is 5.46. The minimum Gasteiger partial charge on any atom is -0.380 e. The third-order valence-corrected chi connectivity index (χ3v) is 4.46. The highest BCUT2D eigenvalue weighted by Gasteiger charge is 2.05. The Balaban J connectivity index is 1.57. The van der Waals surface area contributed by atoms with E-state index in [1.807, 2.05) is 54.6 Å². The van der Waals surface area contributed by atoms with Crippen LogP contribution >= 0.6 is 22.9 Å². The second-order valence-electron chi connectivity index (χ2n) is 5.22. The smallest absolute Gasteiger partial charge is 0.228 e. The molecule has 0 aliphatic carbocycles. The highest BCUT2D eigenvalue weighted by atomic mass is 35.5. The molecule has 3 aromatic rings. The van der Waals surface area contributed by atoms with Gasteiger partial charge in [-0.25, -0.2) is 4.98 Å². The number of hydrogen-bond donors (Lipinski definition) is 2.